The van der Waals surface area contributed by atoms with Gasteiger partial charge >= 0.3 is 5.97 Å². The quantitative estimate of drug-likeness (QED) is 0.834. The summed E-state index contributed by atoms with van der Waals surface area (Å²) in [5, 5.41) is 3.67. The Labute approximate surface area is 117 Å². The van der Waals surface area contributed by atoms with E-state index in [1.54, 1.807) is 0 Å². The predicted molar refractivity (Wildman–Crippen MR) is 76.4 cm³/mol. The van der Waals surface area contributed by atoms with Crippen molar-refractivity contribution in [3.05, 3.63) is 35.5 Å². The summed E-state index contributed by atoms with van der Waals surface area (Å²) in [5.74, 6) is -0.697. The summed E-state index contributed by atoms with van der Waals surface area (Å²) in [5.41, 5.74) is 3.16. The van der Waals surface area contributed by atoms with Crippen molar-refractivity contribution in [2.24, 2.45) is 0 Å². The standard InChI is InChI=1S/C15H18N2O3/c1-9-4-5-12-11(8-16-13(12)6-9)7-14(15(19)20-3)17-10(2)18/h4-6,8,14,16H,7H2,1-3H3,(H,17,18)/t14-/m0/s1. The number of amides is 1. The van der Waals surface area contributed by atoms with Crippen LogP contribution in [0.1, 0.15) is 18.1 Å². The maximum atomic E-state index is 11.7. The fourth-order valence-electron chi connectivity index (χ4n) is 2.27. The number of methoxy groups -OCH3 is 1. The topological polar surface area (TPSA) is 71.2 Å². The number of aromatic amines is 1. The lowest BCUT2D eigenvalue weighted by atomic mass is 10.0. The molecule has 0 aliphatic rings. The molecule has 2 N–H and O–H groups in total. The highest BCUT2D eigenvalue weighted by Crippen LogP contribution is 2.21. The van der Waals surface area contributed by atoms with Gasteiger partial charge in [-0.2, -0.15) is 0 Å². The third-order valence-electron chi connectivity index (χ3n) is 3.21. The van der Waals surface area contributed by atoms with E-state index in [0.29, 0.717) is 6.42 Å². The van der Waals surface area contributed by atoms with Crippen LogP contribution in [0, 0.1) is 6.92 Å². The van der Waals surface area contributed by atoms with Crippen LogP contribution in [0.4, 0.5) is 0 Å². The molecule has 1 aromatic heterocycles. The molecule has 0 bridgehead atoms. The number of carbonyl (C=O) groups excluding carboxylic acids is 2. The van der Waals surface area contributed by atoms with Crippen molar-refractivity contribution in [3.63, 3.8) is 0 Å². The number of ether oxygens (including phenoxy) is 1. The SMILES string of the molecule is COC(=O)[C@H](Cc1c[nH]c2cc(C)ccc12)NC(C)=O. The minimum Gasteiger partial charge on any atom is -0.467 e. The summed E-state index contributed by atoms with van der Waals surface area (Å²) < 4.78 is 4.73. The van der Waals surface area contributed by atoms with E-state index in [-0.39, 0.29) is 5.91 Å². The van der Waals surface area contributed by atoms with Crippen molar-refractivity contribution in [1.82, 2.24) is 10.3 Å². The Hall–Kier alpha value is -2.30. The molecule has 0 saturated carbocycles. The zero-order valence-corrected chi connectivity index (χ0v) is 11.8. The lowest BCUT2D eigenvalue weighted by Crippen LogP contribution is -2.41. The van der Waals surface area contributed by atoms with E-state index in [9.17, 15) is 9.59 Å². The van der Waals surface area contributed by atoms with Crippen molar-refractivity contribution >= 4 is 22.8 Å². The summed E-state index contributed by atoms with van der Waals surface area (Å²) in [7, 11) is 1.32. The first-order chi connectivity index (χ1) is 9.51. The van der Waals surface area contributed by atoms with E-state index in [4.69, 9.17) is 4.74 Å². The van der Waals surface area contributed by atoms with Gasteiger partial charge in [0.2, 0.25) is 5.91 Å². The Bertz CT molecular complexity index is 646. The van der Waals surface area contributed by atoms with Crippen LogP contribution < -0.4 is 5.32 Å². The second-order valence-corrected chi connectivity index (χ2v) is 4.84. The molecule has 0 saturated heterocycles. The largest absolute Gasteiger partial charge is 0.467 e. The van der Waals surface area contributed by atoms with Gasteiger partial charge in [0, 0.05) is 30.4 Å². The number of aryl methyl sites for hydroxylation is 1. The van der Waals surface area contributed by atoms with Crippen LogP contribution in [0.25, 0.3) is 10.9 Å². The van der Waals surface area contributed by atoms with Crippen molar-refractivity contribution in [1.29, 1.82) is 0 Å². The van der Waals surface area contributed by atoms with Crippen LogP contribution in [0.3, 0.4) is 0 Å². The lowest BCUT2D eigenvalue weighted by Gasteiger charge is -2.14. The number of fused-ring (bicyclic) bond motifs is 1. The van der Waals surface area contributed by atoms with Gasteiger partial charge in [0.15, 0.2) is 0 Å². The number of carbonyl (C=O) groups is 2. The van der Waals surface area contributed by atoms with E-state index >= 15 is 0 Å². The summed E-state index contributed by atoms with van der Waals surface area (Å²) >= 11 is 0. The normalized spacial score (nSPS) is 12.2. The molecule has 20 heavy (non-hydrogen) atoms. The number of benzene rings is 1. The minimum absolute atomic E-state index is 0.254. The number of esters is 1. The zero-order chi connectivity index (χ0) is 14.7. The van der Waals surface area contributed by atoms with Crippen molar-refractivity contribution in [3.8, 4) is 0 Å². The molecule has 0 aliphatic carbocycles. The Kier molecular flexibility index (Phi) is 4.08. The van der Waals surface area contributed by atoms with Crippen LogP contribution >= 0.6 is 0 Å². The second kappa shape index (κ2) is 5.77. The molecule has 0 aliphatic heterocycles. The number of hydrogen-bond donors (Lipinski definition) is 2. The number of H-pyrrole nitrogens is 1. The smallest absolute Gasteiger partial charge is 0.328 e. The van der Waals surface area contributed by atoms with Gasteiger partial charge in [0.1, 0.15) is 6.04 Å². The molecule has 1 heterocycles. The molecule has 2 rings (SSSR count). The summed E-state index contributed by atoms with van der Waals surface area (Å²) in [4.78, 5) is 26.1. The number of rotatable bonds is 4. The Balaban J connectivity index is 2.28. The third-order valence-corrected chi connectivity index (χ3v) is 3.21. The molecule has 0 spiro atoms. The van der Waals surface area contributed by atoms with Gasteiger partial charge in [0.05, 0.1) is 7.11 Å². The van der Waals surface area contributed by atoms with Gasteiger partial charge < -0.3 is 15.0 Å². The van der Waals surface area contributed by atoms with Crippen LogP contribution in [0.5, 0.6) is 0 Å². The molecular formula is C15H18N2O3. The third kappa shape index (κ3) is 2.99. The minimum atomic E-state index is -0.669. The van der Waals surface area contributed by atoms with E-state index in [0.717, 1.165) is 22.0 Å². The van der Waals surface area contributed by atoms with Gasteiger partial charge in [-0.05, 0) is 24.1 Å². The first-order valence-corrected chi connectivity index (χ1v) is 6.43. The van der Waals surface area contributed by atoms with Gasteiger partial charge in [-0.25, -0.2) is 4.79 Å². The van der Waals surface area contributed by atoms with Crippen LogP contribution in [0.15, 0.2) is 24.4 Å². The Morgan fingerprint density at radius 2 is 2.15 bits per heavy atom. The molecule has 5 nitrogen and oxygen atoms in total. The molecule has 5 heteroatoms. The number of aromatic nitrogens is 1. The molecule has 0 radical (unpaired) electrons. The predicted octanol–water partition coefficient (Wildman–Crippen LogP) is 1.70. The first-order valence-electron chi connectivity index (χ1n) is 6.43. The van der Waals surface area contributed by atoms with Crippen LogP contribution in [-0.2, 0) is 20.7 Å². The molecule has 2 aromatic rings. The molecule has 106 valence electrons. The van der Waals surface area contributed by atoms with Crippen molar-refractivity contribution < 1.29 is 14.3 Å². The van der Waals surface area contributed by atoms with E-state index < -0.39 is 12.0 Å². The van der Waals surface area contributed by atoms with Crippen molar-refractivity contribution in [2.75, 3.05) is 7.11 Å². The highest BCUT2D eigenvalue weighted by molar-refractivity contribution is 5.87. The molecule has 0 unspecified atom stereocenters. The van der Waals surface area contributed by atoms with Crippen LogP contribution in [0.2, 0.25) is 0 Å². The van der Waals surface area contributed by atoms with Gasteiger partial charge in [-0.3, -0.25) is 4.79 Å². The summed E-state index contributed by atoms with van der Waals surface area (Å²) in [6.45, 7) is 3.41. The first kappa shape index (κ1) is 14.1. The average Bonchev–Trinajstić information content (AvgIpc) is 2.78. The van der Waals surface area contributed by atoms with E-state index in [2.05, 4.69) is 10.3 Å². The zero-order valence-electron chi connectivity index (χ0n) is 11.8. The van der Waals surface area contributed by atoms with Gasteiger partial charge in [-0.1, -0.05) is 12.1 Å². The Morgan fingerprint density at radius 3 is 2.80 bits per heavy atom. The fourth-order valence-corrected chi connectivity index (χ4v) is 2.27. The molecule has 0 fully saturated rings. The molecule has 1 amide bonds. The molecular weight excluding hydrogens is 256 g/mol. The highest BCUT2D eigenvalue weighted by Gasteiger charge is 2.21. The number of nitrogens with one attached hydrogen (secondary N) is 2. The Morgan fingerprint density at radius 1 is 1.40 bits per heavy atom. The summed E-state index contributed by atoms with van der Waals surface area (Å²) in [6.07, 6.45) is 2.26. The van der Waals surface area contributed by atoms with Crippen LogP contribution in [-0.4, -0.2) is 30.0 Å². The average molecular weight is 274 g/mol. The molecule has 1 atom stereocenters. The molecule has 1 aromatic carbocycles. The fraction of sp³-hybridized carbons (Fsp3) is 0.333. The lowest BCUT2D eigenvalue weighted by molar-refractivity contribution is -0.144. The highest BCUT2D eigenvalue weighted by atomic mass is 16.5. The second-order valence-electron chi connectivity index (χ2n) is 4.84. The monoisotopic (exact) mass is 274 g/mol. The summed E-state index contributed by atoms with van der Waals surface area (Å²) in [6, 6.07) is 5.41. The maximum Gasteiger partial charge on any atom is 0.328 e. The van der Waals surface area contributed by atoms with Gasteiger partial charge in [-0.15, -0.1) is 0 Å². The van der Waals surface area contributed by atoms with E-state index in [1.807, 2.05) is 31.3 Å². The van der Waals surface area contributed by atoms with E-state index in [1.165, 1.54) is 14.0 Å². The van der Waals surface area contributed by atoms with Crippen molar-refractivity contribution in [2.45, 2.75) is 26.3 Å². The number of hydrogen-bond acceptors (Lipinski definition) is 3. The van der Waals surface area contributed by atoms with Gasteiger partial charge in [0.25, 0.3) is 0 Å². The maximum absolute atomic E-state index is 11.7.